The van der Waals surface area contributed by atoms with Gasteiger partial charge in [-0.3, -0.25) is 0 Å². The van der Waals surface area contributed by atoms with E-state index in [0.717, 1.165) is 17.4 Å². The van der Waals surface area contributed by atoms with Crippen LogP contribution >= 0.6 is 39.7 Å². The van der Waals surface area contributed by atoms with Crippen molar-refractivity contribution in [3.05, 3.63) is 21.8 Å². The lowest BCUT2D eigenvalue weighted by Gasteiger charge is -2.10. The summed E-state index contributed by atoms with van der Waals surface area (Å²) in [5, 5.41) is 7.17. The Morgan fingerprint density at radius 1 is 1.67 bits per heavy atom. The van der Waals surface area contributed by atoms with Crippen LogP contribution in [0, 0.1) is 0 Å². The summed E-state index contributed by atoms with van der Waals surface area (Å²) in [4.78, 5) is 4.11. The third kappa shape index (κ3) is 4.32. The second-order valence-electron chi connectivity index (χ2n) is 2.86. The van der Waals surface area contributed by atoms with E-state index in [9.17, 15) is 0 Å². The largest absolute Gasteiger partial charge is 0.362 e. The molecule has 0 bridgehead atoms. The van der Waals surface area contributed by atoms with Gasteiger partial charge in [0.15, 0.2) is 5.11 Å². The highest BCUT2D eigenvalue weighted by atomic mass is 79.9. The summed E-state index contributed by atoms with van der Waals surface area (Å²) in [5.74, 6) is 0.660. The van der Waals surface area contributed by atoms with Gasteiger partial charge in [0.2, 0.25) is 0 Å². The van der Waals surface area contributed by atoms with Gasteiger partial charge in [-0.15, -0.1) is 0 Å². The van der Waals surface area contributed by atoms with E-state index in [2.05, 4.69) is 38.5 Å². The topological polar surface area (TPSA) is 37.0 Å². The number of halogens is 2. The molecule has 0 atom stereocenters. The van der Waals surface area contributed by atoms with Crippen molar-refractivity contribution >= 4 is 50.7 Å². The van der Waals surface area contributed by atoms with Crippen LogP contribution < -0.4 is 10.6 Å². The summed E-state index contributed by atoms with van der Waals surface area (Å²) < 4.78 is 0.788. The Labute approximate surface area is 108 Å². The van der Waals surface area contributed by atoms with Crippen molar-refractivity contribution in [2.24, 2.45) is 0 Å². The molecule has 0 fully saturated rings. The molecule has 0 amide bonds. The molecule has 1 aromatic heterocycles. The number of hydrogen-bond donors (Lipinski definition) is 2. The molecule has 6 heteroatoms. The van der Waals surface area contributed by atoms with Crippen LogP contribution in [-0.4, -0.2) is 16.6 Å². The monoisotopic (exact) mass is 307 g/mol. The summed E-state index contributed by atoms with van der Waals surface area (Å²) in [5.41, 5.74) is 0. The molecule has 82 valence electrons. The normalized spacial score (nSPS) is 9.80. The predicted molar refractivity (Wildman–Crippen MR) is 71.5 cm³/mol. The van der Waals surface area contributed by atoms with Crippen molar-refractivity contribution in [3.8, 4) is 0 Å². The molecule has 15 heavy (non-hydrogen) atoms. The summed E-state index contributed by atoms with van der Waals surface area (Å²) in [7, 11) is 0. The van der Waals surface area contributed by atoms with Gasteiger partial charge in [0.1, 0.15) is 5.82 Å². The Hall–Kier alpha value is -0.390. The average molecular weight is 309 g/mol. The average Bonchev–Trinajstić information content (AvgIpc) is 2.19. The third-order valence-corrected chi connectivity index (χ3v) is 2.63. The quantitative estimate of drug-likeness (QED) is 0.841. The molecular formula is C9H11BrClN3S. The fourth-order valence-corrected chi connectivity index (χ4v) is 1.83. The summed E-state index contributed by atoms with van der Waals surface area (Å²) >= 11 is 14.2. The van der Waals surface area contributed by atoms with E-state index in [1.807, 2.05) is 0 Å². The van der Waals surface area contributed by atoms with E-state index in [1.54, 1.807) is 12.3 Å². The van der Waals surface area contributed by atoms with Crippen LogP contribution in [0.3, 0.4) is 0 Å². The van der Waals surface area contributed by atoms with Gasteiger partial charge in [-0.2, -0.15) is 0 Å². The van der Waals surface area contributed by atoms with E-state index in [1.165, 1.54) is 0 Å². The minimum absolute atomic E-state index is 0.562. The van der Waals surface area contributed by atoms with E-state index < -0.39 is 0 Å². The van der Waals surface area contributed by atoms with Crippen molar-refractivity contribution < 1.29 is 0 Å². The van der Waals surface area contributed by atoms with Gasteiger partial charge in [0.05, 0.1) is 9.50 Å². The summed E-state index contributed by atoms with van der Waals surface area (Å²) in [6, 6.07) is 1.76. The summed E-state index contributed by atoms with van der Waals surface area (Å²) in [6.45, 7) is 2.92. The maximum Gasteiger partial charge on any atom is 0.171 e. The first-order valence-corrected chi connectivity index (χ1v) is 6.07. The molecule has 1 rings (SSSR count). The number of anilines is 1. The predicted octanol–water partition coefficient (Wildman–Crippen LogP) is 3.19. The molecular weight excluding hydrogens is 298 g/mol. The highest BCUT2D eigenvalue weighted by Gasteiger charge is 2.03. The fourth-order valence-electron chi connectivity index (χ4n) is 0.897. The molecule has 0 spiro atoms. The molecule has 0 unspecified atom stereocenters. The van der Waals surface area contributed by atoms with E-state index >= 15 is 0 Å². The van der Waals surface area contributed by atoms with Crippen LogP contribution in [-0.2, 0) is 0 Å². The number of thiocarbonyl (C=S) groups is 1. The Morgan fingerprint density at radius 3 is 3.00 bits per heavy atom. The summed E-state index contributed by atoms with van der Waals surface area (Å²) in [6.07, 6.45) is 2.59. The lowest BCUT2D eigenvalue weighted by molar-refractivity contribution is 0.846. The number of nitrogens with zero attached hydrogens (tertiary/aromatic N) is 1. The van der Waals surface area contributed by atoms with Crippen LogP contribution in [0.15, 0.2) is 16.7 Å². The zero-order valence-corrected chi connectivity index (χ0v) is 11.3. The Bertz CT molecular complexity index is 359. The first-order chi connectivity index (χ1) is 7.13. The van der Waals surface area contributed by atoms with Gasteiger partial charge in [-0.25, -0.2) is 4.98 Å². The highest BCUT2D eigenvalue weighted by molar-refractivity contribution is 9.10. The van der Waals surface area contributed by atoms with Crippen LogP contribution in [0.5, 0.6) is 0 Å². The highest BCUT2D eigenvalue weighted by Crippen LogP contribution is 2.22. The molecule has 0 aliphatic heterocycles. The zero-order valence-electron chi connectivity index (χ0n) is 8.18. The first-order valence-electron chi connectivity index (χ1n) is 4.49. The van der Waals surface area contributed by atoms with Gasteiger partial charge in [-0.05, 0) is 40.6 Å². The minimum Gasteiger partial charge on any atom is -0.362 e. The van der Waals surface area contributed by atoms with E-state index in [0.29, 0.717) is 16.0 Å². The molecule has 1 aromatic rings. The zero-order chi connectivity index (χ0) is 11.3. The van der Waals surface area contributed by atoms with E-state index in [4.69, 9.17) is 23.8 Å². The minimum atomic E-state index is 0.562. The van der Waals surface area contributed by atoms with Crippen LogP contribution in [0.4, 0.5) is 5.82 Å². The number of nitrogens with one attached hydrogen (secondary N) is 2. The molecule has 1 heterocycles. The van der Waals surface area contributed by atoms with Crippen molar-refractivity contribution in [3.63, 3.8) is 0 Å². The molecule has 0 aliphatic rings. The van der Waals surface area contributed by atoms with Crippen molar-refractivity contribution in [1.29, 1.82) is 0 Å². The second-order valence-corrected chi connectivity index (χ2v) is 4.56. The molecule has 3 nitrogen and oxygen atoms in total. The molecule has 0 saturated carbocycles. The van der Waals surface area contributed by atoms with Gasteiger partial charge in [0, 0.05) is 12.7 Å². The second kappa shape index (κ2) is 6.25. The van der Waals surface area contributed by atoms with Crippen molar-refractivity contribution in [1.82, 2.24) is 10.3 Å². The van der Waals surface area contributed by atoms with Crippen molar-refractivity contribution in [2.45, 2.75) is 13.3 Å². The maximum atomic E-state index is 5.77. The molecule has 2 N–H and O–H groups in total. The standard InChI is InChI=1S/C9H11BrClN3S/c1-2-3-12-9(15)14-8-7(10)4-6(11)5-13-8/h4-5H,2-3H2,1H3,(H2,12,13,14,15). The Kier molecular flexibility index (Phi) is 5.28. The lowest BCUT2D eigenvalue weighted by atomic mass is 10.4. The first kappa shape index (κ1) is 12.7. The smallest absolute Gasteiger partial charge is 0.171 e. The van der Waals surface area contributed by atoms with Gasteiger partial charge < -0.3 is 10.6 Å². The van der Waals surface area contributed by atoms with Crippen LogP contribution in [0.2, 0.25) is 5.02 Å². The third-order valence-electron chi connectivity index (χ3n) is 1.58. The number of pyridine rings is 1. The fraction of sp³-hybridized carbons (Fsp3) is 0.333. The number of rotatable bonds is 3. The Morgan fingerprint density at radius 2 is 2.40 bits per heavy atom. The SMILES string of the molecule is CCCNC(=S)Nc1ncc(Cl)cc1Br. The Balaban J connectivity index is 2.60. The number of aromatic nitrogens is 1. The van der Waals surface area contributed by atoms with Crippen LogP contribution in [0.1, 0.15) is 13.3 Å². The maximum absolute atomic E-state index is 5.77. The number of hydrogen-bond acceptors (Lipinski definition) is 2. The van der Waals surface area contributed by atoms with Gasteiger partial charge in [0.25, 0.3) is 0 Å². The molecule has 0 aromatic carbocycles. The van der Waals surface area contributed by atoms with Crippen LogP contribution in [0.25, 0.3) is 0 Å². The molecule has 0 aliphatic carbocycles. The molecule has 0 saturated heterocycles. The van der Waals surface area contributed by atoms with E-state index in [-0.39, 0.29) is 0 Å². The molecule has 0 radical (unpaired) electrons. The van der Waals surface area contributed by atoms with Gasteiger partial charge >= 0.3 is 0 Å². The van der Waals surface area contributed by atoms with Gasteiger partial charge in [-0.1, -0.05) is 18.5 Å². The van der Waals surface area contributed by atoms with Crippen molar-refractivity contribution in [2.75, 3.05) is 11.9 Å². The lowest BCUT2D eigenvalue weighted by Crippen LogP contribution is -2.29.